The summed E-state index contributed by atoms with van der Waals surface area (Å²) in [5, 5.41) is 26.0. The first-order chi connectivity index (χ1) is 20.0. The zero-order valence-electron chi connectivity index (χ0n) is 26.2. The highest BCUT2D eigenvalue weighted by atomic mass is 16.5. The topological polar surface area (TPSA) is 113 Å². The van der Waals surface area contributed by atoms with Crippen LogP contribution >= 0.6 is 0 Å². The van der Waals surface area contributed by atoms with Crippen molar-refractivity contribution in [3.63, 3.8) is 0 Å². The number of carbonyl (C=O) groups excluding carboxylic acids is 1. The largest absolute Gasteiger partial charge is 0.483 e. The molecule has 0 fully saturated rings. The van der Waals surface area contributed by atoms with Crippen molar-refractivity contribution in [2.24, 2.45) is 5.92 Å². The van der Waals surface area contributed by atoms with Gasteiger partial charge in [-0.2, -0.15) is 0 Å². The number of hydrogen-bond donors (Lipinski definition) is 4. The number of β-amino-alcohol motifs (C(OH)–C–C–N with tert-alkyl or cyclic N) is 1. The van der Waals surface area contributed by atoms with Crippen LogP contribution in [0.1, 0.15) is 75.4 Å². The lowest BCUT2D eigenvalue weighted by molar-refractivity contribution is -0.122. The lowest BCUT2D eigenvalue weighted by atomic mass is 9.93. The van der Waals surface area contributed by atoms with Crippen LogP contribution in [0.5, 0.6) is 0 Å². The van der Waals surface area contributed by atoms with Gasteiger partial charge in [0.1, 0.15) is 0 Å². The second kappa shape index (κ2) is 17.7. The highest BCUT2D eigenvalue weighted by Gasteiger charge is 2.26. The number of carbonyl (C=O) groups is 2. The maximum atomic E-state index is 13.5. The fourth-order valence-corrected chi connectivity index (χ4v) is 5.14. The number of amides is 1. The third-order valence-electron chi connectivity index (χ3n) is 7.60. The van der Waals surface area contributed by atoms with E-state index in [1.54, 1.807) is 7.11 Å². The second-order valence-electron chi connectivity index (χ2n) is 11.9. The van der Waals surface area contributed by atoms with Crippen molar-refractivity contribution in [3.05, 3.63) is 71.4 Å². The molecule has 1 heterocycles. The predicted molar refractivity (Wildman–Crippen MR) is 170 cm³/mol. The van der Waals surface area contributed by atoms with Gasteiger partial charge in [0.15, 0.2) is 0 Å². The maximum absolute atomic E-state index is 13.5. The van der Waals surface area contributed by atoms with Crippen molar-refractivity contribution < 1.29 is 24.5 Å². The number of hydrogen-bond acceptors (Lipinski definition) is 5. The molecule has 0 unspecified atom stereocenters. The summed E-state index contributed by atoms with van der Waals surface area (Å²) in [6, 6.07) is 15.5. The molecule has 0 aliphatic heterocycles. The van der Waals surface area contributed by atoms with Gasteiger partial charge in [-0.25, -0.2) is 0 Å². The number of carboxylic acid groups (broad SMARTS) is 1. The molecule has 0 bridgehead atoms. The first kappa shape index (κ1) is 35.0. The van der Waals surface area contributed by atoms with Crippen molar-refractivity contribution in [1.82, 2.24) is 15.2 Å². The molecule has 0 aliphatic rings. The highest BCUT2D eigenvalue weighted by Crippen LogP contribution is 2.24. The molecule has 2 aromatic carbocycles. The minimum Gasteiger partial charge on any atom is -0.483 e. The fourth-order valence-electron chi connectivity index (χ4n) is 5.14. The molecule has 0 aliphatic carbocycles. The number of ether oxygens (including phenoxy) is 1. The average Bonchev–Trinajstić information content (AvgIpc) is 3.32. The molecular weight excluding hydrogens is 530 g/mol. The zero-order chi connectivity index (χ0) is 31.1. The van der Waals surface area contributed by atoms with Gasteiger partial charge >= 0.3 is 0 Å². The normalized spacial score (nSPS) is 13.0. The minimum atomic E-state index is -0.733. The first-order valence-electron chi connectivity index (χ1n) is 15.0. The Morgan fingerprint density at radius 3 is 2.45 bits per heavy atom. The molecule has 42 heavy (non-hydrogen) atoms. The van der Waals surface area contributed by atoms with Crippen LogP contribution in [0.25, 0.3) is 10.9 Å². The predicted octanol–water partition coefficient (Wildman–Crippen LogP) is 5.45. The Labute approximate surface area is 251 Å². The van der Waals surface area contributed by atoms with E-state index < -0.39 is 12.1 Å². The SMILES string of the molecule is CCc1cn(CCOC)c2ccc(C(=O)N[C@@H](Cc3ccccc3)[C@H](O)CNC(C)(C)CCCC(C)C)cc12.O=CO. The number of fused-ring (bicyclic) bond motifs is 1. The molecule has 3 rings (SSSR count). The van der Waals surface area contributed by atoms with Gasteiger partial charge in [-0.15, -0.1) is 0 Å². The quantitative estimate of drug-likeness (QED) is 0.167. The van der Waals surface area contributed by atoms with E-state index in [4.69, 9.17) is 14.6 Å². The van der Waals surface area contributed by atoms with E-state index in [1.807, 2.05) is 48.5 Å². The zero-order valence-corrected chi connectivity index (χ0v) is 26.2. The number of aryl methyl sites for hydroxylation is 1. The van der Waals surface area contributed by atoms with E-state index in [-0.39, 0.29) is 17.9 Å². The summed E-state index contributed by atoms with van der Waals surface area (Å²) >= 11 is 0. The standard InChI is InChI=1S/C33H49N3O3.CH2O2/c1-7-26-23-36(18-19-39-6)30-16-15-27(21-28(26)30)32(38)35-29(20-25-13-9-8-10-14-25)31(37)22-34-33(4,5)17-11-12-24(2)3;2-1-3/h8-10,13-16,21,23-24,29,31,34,37H,7,11-12,17-20,22H2,1-6H3,(H,35,38);1H,(H,2,3)/t29-,31+;/m0./s1. The van der Waals surface area contributed by atoms with E-state index in [0.29, 0.717) is 31.1 Å². The molecule has 0 radical (unpaired) electrons. The summed E-state index contributed by atoms with van der Waals surface area (Å²) in [6.45, 7) is 12.6. The molecule has 3 aromatic rings. The molecule has 0 spiro atoms. The van der Waals surface area contributed by atoms with E-state index in [9.17, 15) is 9.90 Å². The van der Waals surface area contributed by atoms with Crippen LogP contribution in [0.3, 0.4) is 0 Å². The van der Waals surface area contributed by atoms with Crippen molar-refractivity contribution >= 4 is 23.3 Å². The number of rotatable bonds is 16. The van der Waals surface area contributed by atoms with Gasteiger partial charge in [-0.3, -0.25) is 9.59 Å². The number of aromatic nitrogens is 1. The van der Waals surface area contributed by atoms with Crippen LogP contribution in [-0.4, -0.2) is 65.1 Å². The first-order valence-corrected chi connectivity index (χ1v) is 15.0. The molecule has 0 saturated carbocycles. The van der Waals surface area contributed by atoms with Crippen molar-refractivity contribution in [3.8, 4) is 0 Å². The van der Waals surface area contributed by atoms with E-state index >= 15 is 0 Å². The van der Waals surface area contributed by atoms with Crippen LogP contribution in [0.2, 0.25) is 0 Å². The molecule has 1 amide bonds. The molecule has 8 heteroatoms. The van der Waals surface area contributed by atoms with Gasteiger partial charge in [0.25, 0.3) is 12.4 Å². The van der Waals surface area contributed by atoms with Gasteiger partial charge in [0.2, 0.25) is 0 Å². The summed E-state index contributed by atoms with van der Waals surface area (Å²) in [5.41, 5.74) is 3.91. The second-order valence-corrected chi connectivity index (χ2v) is 11.9. The number of aliphatic hydroxyl groups is 1. The highest BCUT2D eigenvalue weighted by molar-refractivity contribution is 5.99. The lowest BCUT2D eigenvalue weighted by Crippen LogP contribution is -2.52. The van der Waals surface area contributed by atoms with Gasteiger partial charge < -0.3 is 30.2 Å². The Balaban J connectivity index is 0.00000197. The third-order valence-corrected chi connectivity index (χ3v) is 7.60. The Morgan fingerprint density at radius 1 is 1.14 bits per heavy atom. The fraction of sp³-hybridized carbons (Fsp3) is 0.529. The monoisotopic (exact) mass is 581 g/mol. The van der Waals surface area contributed by atoms with E-state index in [1.165, 1.54) is 12.0 Å². The Bertz CT molecular complexity index is 1220. The molecular formula is C34H51N3O5. The van der Waals surface area contributed by atoms with Crippen LogP contribution in [-0.2, 0) is 28.9 Å². The smallest absolute Gasteiger partial charge is 0.290 e. The van der Waals surface area contributed by atoms with Gasteiger partial charge in [0.05, 0.1) is 18.8 Å². The summed E-state index contributed by atoms with van der Waals surface area (Å²) in [6.07, 6.45) is 6.24. The average molecular weight is 582 g/mol. The van der Waals surface area contributed by atoms with E-state index in [0.717, 1.165) is 42.3 Å². The molecule has 0 saturated heterocycles. The Morgan fingerprint density at radius 2 is 1.83 bits per heavy atom. The maximum Gasteiger partial charge on any atom is 0.290 e. The molecule has 232 valence electrons. The lowest BCUT2D eigenvalue weighted by Gasteiger charge is -2.31. The third kappa shape index (κ3) is 11.2. The van der Waals surface area contributed by atoms with Crippen molar-refractivity contribution in [1.29, 1.82) is 0 Å². The van der Waals surface area contributed by atoms with Crippen LogP contribution < -0.4 is 10.6 Å². The number of benzene rings is 2. The van der Waals surface area contributed by atoms with E-state index in [2.05, 4.69) is 56.0 Å². The number of aliphatic hydroxyl groups excluding tert-OH is 1. The van der Waals surface area contributed by atoms with Gasteiger partial charge in [-0.05, 0) is 68.4 Å². The van der Waals surface area contributed by atoms with Crippen LogP contribution in [0.4, 0.5) is 0 Å². The molecule has 4 N–H and O–H groups in total. The van der Waals surface area contributed by atoms with Crippen LogP contribution in [0, 0.1) is 5.92 Å². The van der Waals surface area contributed by atoms with Crippen molar-refractivity contribution in [2.75, 3.05) is 20.3 Å². The van der Waals surface area contributed by atoms with Gasteiger partial charge in [0, 0.05) is 48.4 Å². The number of nitrogens with zero attached hydrogens (tertiary/aromatic N) is 1. The number of methoxy groups -OCH3 is 1. The minimum absolute atomic E-state index is 0.0886. The summed E-state index contributed by atoms with van der Waals surface area (Å²) in [4.78, 5) is 21.9. The van der Waals surface area contributed by atoms with Gasteiger partial charge in [-0.1, -0.05) is 63.9 Å². The molecule has 8 nitrogen and oxygen atoms in total. The molecule has 2 atom stereocenters. The van der Waals surface area contributed by atoms with Crippen LogP contribution in [0.15, 0.2) is 54.7 Å². The summed E-state index contributed by atoms with van der Waals surface area (Å²) in [5.74, 6) is 0.521. The summed E-state index contributed by atoms with van der Waals surface area (Å²) in [7, 11) is 1.71. The molecule has 1 aromatic heterocycles. The Hall–Kier alpha value is -3.20. The van der Waals surface area contributed by atoms with Crippen molar-refractivity contribution in [2.45, 2.75) is 91.0 Å². The Kier molecular flexibility index (Phi) is 14.7. The summed E-state index contributed by atoms with van der Waals surface area (Å²) < 4.78 is 7.46. The number of nitrogens with one attached hydrogen (secondary N) is 2.